The van der Waals surface area contributed by atoms with Gasteiger partial charge in [-0.2, -0.15) is 0 Å². The molecule has 1 aromatic heterocycles. The lowest BCUT2D eigenvalue weighted by atomic mass is 10.2. The SMILES string of the molecule is C[C@@H](NC(=O)CCOc1ccccc1Cl)c1ccccn1. The van der Waals surface area contributed by atoms with Crippen molar-refractivity contribution in [1.82, 2.24) is 10.3 Å². The van der Waals surface area contributed by atoms with Crippen LogP contribution in [0.2, 0.25) is 5.02 Å². The van der Waals surface area contributed by atoms with Crippen molar-refractivity contribution in [3.8, 4) is 5.75 Å². The minimum absolute atomic E-state index is 0.0831. The number of halogens is 1. The largest absolute Gasteiger partial charge is 0.491 e. The summed E-state index contributed by atoms with van der Waals surface area (Å²) < 4.78 is 5.49. The third kappa shape index (κ3) is 4.76. The Morgan fingerprint density at radius 1 is 1.29 bits per heavy atom. The third-order valence-electron chi connectivity index (χ3n) is 2.93. The first-order valence-electron chi connectivity index (χ1n) is 6.74. The van der Waals surface area contributed by atoms with Crippen molar-refractivity contribution in [3.63, 3.8) is 0 Å². The van der Waals surface area contributed by atoms with Crippen LogP contribution in [0.4, 0.5) is 0 Å². The lowest BCUT2D eigenvalue weighted by Gasteiger charge is -2.13. The number of nitrogens with zero attached hydrogens (tertiary/aromatic N) is 1. The van der Waals surface area contributed by atoms with Crippen molar-refractivity contribution in [1.29, 1.82) is 0 Å². The highest BCUT2D eigenvalue weighted by Crippen LogP contribution is 2.23. The van der Waals surface area contributed by atoms with Crippen LogP contribution in [0.5, 0.6) is 5.75 Å². The molecule has 5 heteroatoms. The molecule has 1 heterocycles. The molecule has 0 bridgehead atoms. The number of pyridine rings is 1. The number of rotatable bonds is 6. The van der Waals surface area contributed by atoms with Gasteiger partial charge >= 0.3 is 0 Å². The Bertz CT molecular complexity index is 590. The van der Waals surface area contributed by atoms with Crippen LogP contribution in [0.15, 0.2) is 48.7 Å². The normalized spacial score (nSPS) is 11.7. The van der Waals surface area contributed by atoms with E-state index in [1.54, 1.807) is 18.3 Å². The number of amides is 1. The van der Waals surface area contributed by atoms with Crippen molar-refractivity contribution in [2.45, 2.75) is 19.4 Å². The summed E-state index contributed by atoms with van der Waals surface area (Å²) in [6.07, 6.45) is 1.97. The van der Waals surface area contributed by atoms with E-state index in [-0.39, 0.29) is 25.0 Å². The number of ether oxygens (including phenoxy) is 1. The molecule has 0 saturated carbocycles. The zero-order chi connectivity index (χ0) is 15.1. The van der Waals surface area contributed by atoms with E-state index in [0.717, 1.165) is 5.69 Å². The highest BCUT2D eigenvalue weighted by Gasteiger charge is 2.10. The number of benzene rings is 1. The van der Waals surface area contributed by atoms with Gasteiger partial charge in [0.1, 0.15) is 5.75 Å². The average molecular weight is 305 g/mol. The van der Waals surface area contributed by atoms with Gasteiger partial charge in [-0.3, -0.25) is 9.78 Å². The number of carbonyl (C=O) groups is 1. The van der Waals surface area contributed by atoms with E-state index >= 15 is 0 Å². The minimum Gasteiger partial charge on any atom is -0.491 e. The topological polar surface area (TPSA) is 51.2 Å². The maximum atomic E-state index is 11.9. The van der Waals surface area contributed by atoms with Gasteiger partial charge in [-0.15, -0.1) is 0 Å². The third-order valence-corrected chi connectivity index (χ3v) is 3.24. The molecular weight excluding hydrogens is 288 g/mol. The molecule has 2 rings (SSSR count). The molecule has 0 spiro atoms. The van der Waals surface area contributed by atoms with Gasteiger partial charge in [0.25, 0.3) is 0 Å². The number of carbonyl (C=O) groups excluding carboxylic acids is 1. The second-order valence-corrected chi connectivity index (χ2v) is 4.98. The summed E-state index contributed by atoms with van der Waals surface area (Å²) in [5.74, 6) is 0.505. The molecule has 0 saturated heterocycles. The van der Waals surface area contributed by atoms with Gasteiger partial charge in [0.05, 0.1) is 29.8 Å². The quantitative estimate of drug-likeness (QED) is 0.890. The van der Waals surface area contributed by atoms with Crippen LogP contribution in [-0.2, 0) is 4.79 Å². The van der Waals surface area contributed by atoms with E-state index in [4.69, 9.17) is 16.3 Å². The van der Waals surface area contributed by atoms with Gasteiger partial charge in [-0.25, -0.2) is 0 Å². The number of aromatic nitrogens is 1. The summed E-state index contributed by atoms with van der Waals surface area (Å²) in [5, 5.41) is 3.42. The second kappa shape index (κ2) is 7.64. The fourth-order valence-corrected chi connectivity index (χ4v) is 2.03. The summed E-state index contributed by atoms with van der Waals surface area (Å²) >= 11 is 5.97. The molecule has 2 aromatic rings. The lowest BCUT2D eigenvalue weighted by Crippen LogP contribution is -2.28. The fraction of sp³-hybridized carbons (Fsp3) is 0.250. The predicted octanol–water partition coefficient (Wildman–Crippen LogP) is 3.38. The molecular formula is C16H17ClN2O2. The lowest BCUT2D eigenvalue weighted by molar-refractivity contribution is -0.122. The van der Waals surface area contributed by atoms with Gasteiger partial charge in [0.2, 0.25) is 5.91 Å². The maximum absolute atomic E-state index is 11.9. The monoisotopic (exact) mass is 304 g/mol. The summed E-state index contributed by atoms with van der Waals surface area (Å²) in [6, 6.07) is 12.7. The van der Waals surface area contributed by atoms with Crippen molar-refractivity contribution >= 4 is 17.5 Å². The fourth-order valence-electron chi connectivity index (χ4n) is 1.84. The highest BCUT2D eigenvalue weighted by molar-refractivity contribution is 6.32. The molecule has 0 aliphatic heterocycles. The molecule has 4 nitrogen and oxygen atoms in total. The second-order valence-electron chi connectivity index (χ2n) is 4.57. The number of hydrogen-bond acceptors (Lipinski definition) is 3. The Labute approximate surface area is 129 Å². The Hall–Kier alpha value is -2.07. The summed E-state index contributed by atoms with van der Waals surface area (Å²) in [6.45, 7) is 2.18. The molecule has 0 aliphatic rings. The van der Waals surface area contributed by atoms with Gasteiger partial charge in [0, 0.05) is 6.20 Å². The van der Waals surface area contributed by atoms with Crippen LogP contribution in [0.1, 0.15) is 25.1 Å². The maximum Gasteiger partial charge on any atom is 0.223 e. The molecule has 0 aliphatic carbocycles. The Morgan fingerprint density at radius 2 is 2.05 bits per heavy atom. The highest BCUT2D eigenvalue weighted by atomic mass is 35.5. The van der Waals surface area contributed by atoms with Gasteiger partial charge in [0.15, 0.2) is 0 Å². The summed E-state index contributed by atoms with van der Waals surface area (Å²) in [7, 11) is 0. The molecule has 1 aromatic carbocycles. The first-order chi connectivity index (χ1) is 10.2. The minimum atomic E-state index is -0.126. The van der Waals surface area contributed by atoms with Gasteiger partial charge < -0.3 is 10.1 Å². The van der Waals surface area contributed by atoms with Crippen LogP contribution in [-0.4, -0.2) is 17.5 Å². The number of nitrogens with one attached hydrogen (secondary N) is 1. The van der Waals surface area contributed by atoms with Crippen LogP contribution in [0.3, 0.4) is 0 Å². The van der Waals surface area contributed by atoms with E-state index in [0.29, 0.717) is 10.8 Å². The van der Waals surface area contributed by atoms with Crippen LogP contribution in [0, 0.1) is 0 Å². The predicted molar refractivity (Wildman–Crippen MR) is 82.4 cm³/mol. The molecule has 1 atom stereocenters. The molecule has 1 N–H and O–H groups in total. The zero-order valence-electron chi connectivity index (χ0n) is 11.8. The van der Waals surface area contributed by atoms with Crippen molar-refractivity contribution < 1.29 is 9.53 Å². The Kier molecular flexibility index (Phi) is 5.58. The average Bonchev–Trinajstić information content (AvgIpc) is 2.50. The smallest absolute Gasteiger partial charge is 0.223 e. The molecule has 0 fully saturated rings. The van der Waals surface area contributed by atoms with Crippen molar-refractivity contribution in [2.24, 2.45) is 0 Å². The summed E-state index contributed by atoms with van der Waals surface area (Å²) in [5.41, 5.74) is 0.831. The van der Waals surface area contributed by atoms with E-state index in [1.807, 2.05) is 37.3 Å². The molecule has 1 amide bonds. The van der Waals surface area contributed by atoms with Crippen LogP contribution < -0.4 is 10.1 Å². The van der Waals surface area contributed by atoms with E-state index in [2.05, 4.69) is 10.3 Å². The van der Waals surface area contributed by atoms with E-state index in [9.17, 15) is 4.79 Å². The van der Waals surface area contributed by atoms with Crippen molar-refractivity contribution in [3.05, 3.63) is 59.4 Å². The Balaban J connectivity index is 1.76. The van der Waals surface area contributed by atoms with E-state index < -0.39 is 0 Å². The zero-order valence-corrected chi connectivity index (χ0v) is 12.5. The molecule has 21 heavy (non-hydrogen) atoms. The van der Waals surface area contributed by atoms with Crippen LogP contribution in [0.25, 0.3) is 0 Å². The summed E-state index contributed by atoms with van der Waals surface area (Å²) in [4.78, 5) is 16.1. The first-order valence-corrected chi connectivity index (χ1v) is 7.12. The molecule has 0 radical (unpaired) electrons. The first kappa shape index (κ1) is 15.3. The Morgan fingerprint density at radius 3 is 2.76 bits per heavy atom. The van der Waals surface area contributed by atoms with Gasteiger partial charge in [-0.05, 0) is 31.2 Å². The van der Waals surface area contributed by atoms with Crippen LogP contribution >= 0.6 is 11.6 Å². The molecule has 110 valence electrons. The van der Waals surface area contributed by atoms with E-state index in [1.165, 1.54) is 0 Å². The number of para-hydroxylation sites is 1. The van der Waals surface area contributed by atoms with Gasteiger partial charge in [-0.1, -0.05) is 29.8 Å². The molecule has 0 unspecified atom stereocenters. The van der Waals surface area contributed by atoms with Crippen molar-refractivity contribution in [2.75, 3.05) is 6.61 Å². The standard InChI is InChI=1S/C16H17ClN2O2/c1-12(14-7-4-5-10-18-14)19-16(20)9-11-21-15-8-3-2-6-13(15)17/h2-8,10,12H,9,11H2,1H3,(H,19,20)/t12-/m1/s1. The number of hydrogen-bond donors (Lipinski definition) is 1.